The normalized spacial score (nSPS) is 10.7. The van der Waals surface area contributed by atoms with Crippen molar-refractivity contribution in [3.63, 3.8) is 0 Å². The number of fused-ring (bicyclic) bond motifs is 1. The summed E-state index contributed by atoms with van der Waals surface area (Å²) in [5, 5.41) is 0.722. The second-order valence-corrected chi connectivity index (χ2v) is 5.99. The van der Waals surface area contributed by atoms with Crippen LogP contribution in [0.2, 0.25) is 0 Å². The molecule has 1 aromatic heterocycles. The molecule has 0 fully saturated rings. The van der Waals surface area contributed by atoms with E-state index in [2.05, 4.69) is 0 Å². The summed E-state index contributed by atoms with van der Waals surface area (Å²) in [6, 6.07) is 12.9. The maximum Gasteiger partial charge on any atom is 0.311 e. The molecule has 0 radical (unpaired) electrons. The summed E-state index contributed by atoms with van der Waals surface area (Å²) < 4.78 is 17.7. The third kappa shape index (κ3) is 3.26. The van der Waals surface area contributed by atoms with Crippen LogP contribution in [0.15, 0.2) is 47.3 Å². The Morgan fingerprint density at radius 2 is 1.67 bits per heavy atom. The number of pyridine rings is 1. The fourth-order valence-corrected chi connectivity index (χ4v) is 3.01. The van der Waals surface area contributed by atoms with Crippen molar-refractivity contribution in [1.82, 2.24) is 4.57 Å². The number of rotatable bonds is 5. The molecule has 140 valence electrons. The van der Waals surface area contributed by atoms with Crippen LogP contribution < -0.4 is 19.8 Å². The van der Waals surface area contributed by atoms with E-state index in [0.717, 1.165) is 10.9 Å². The molecule has 0 amide bonds. The number of esters is 1. The first-order chi connectivity index (χ1) is 13.0. The first-order valence-corrected chi connectivity index (χ1v) is 8.56. The minimum atomic E-state index is -0.468. The maximum atomic E-state index is 13.0. The lowest BCUT2D eigenvalue weighted by molar-refractivity contribution is -0.134. The Bertz CT molecular complexity index is 1050. The number of carbonyl (C=O) groups excluding carboxylic acids is 1. The molecule has 0 aliphatic carbocycles. The minimum absolute atomic E-state index is 0.00951. The standard InChI is InChI=1S/C21H21NO5/c1-5-18(23)27-20-19(13-9-7-6-8-10-13)14-11-16(25-3)17(26-4)12-15(14)22(2)21(20)24/h6-12H,5H2,1-4H3. The molecule has 0 saturated carbocycles. The number of methoxy groups -OCH3 is 2. The van der Waals surface area contributed by atoms with Crippen molar-refractivity contribution in [1.29, 1.82) is 0 Å². The van der Waals surface area contributed by atoms with Gasteiger partial charge in [0.1, 0.15) is 0 Å². The summed E-state index contributed by atoms with van der Waals surface area (Å²) in [5.74, 6) is 0.574. The van der Waals surface area contributed by atoms with Gasteiger partial charge in [-0.25, -0.2) is 0 Å². The van der Waals surface area contributed by atoms with Gasteiger partial charge in [0.15, 0.2) is 11.5 Å². The van der Waals surface area contributed by atoms with Crippen molar-refractivity contribution in [3.05, 3.63) is 52.8 Å². The number of hydrogen-bond donors (Lipinski definition) is 0. The fraction of sp³-hybridized carbons (Fsp3) is 0.238. The molecule has 0 N–H and O–H groups in total. The van der Waals surface area contributed by atoms with Gasteiger partial charge in [-0.1, -0.05) is 37.3 Å². The SMILES string of the molecule is CCC(=O)Oc1c(-c2ccccc2)c2cc(OC)c(OC)cc2n(C)c1=O. The van der Waals surface area contributed by atoms with Crippen LogP contribution in [-0.4, -0.2) is 24.8 Å². The smallest absolute Gasteiger partial charge is 0.311 e. The highest BCUT2D eigenvalue weighted by atomic mass is 16.5. The minimum Gasteiger partial charge on any atom is -0.493 e. The van der Waals surface area contributed by atoms with Crippen LogP contribution in [0.3, 0.4) is 0 Å². The summed E-state index contributed by atoms with van der Waals surface area (Å²) >= 11 is 0. The van der Waals surface area contributed by atoms with Crippen molar-refractivity contribution >= 4 is 16.9 Å². The highest BCUT2D eigenvalue weighted by Crippen LogP contribution is 2.40. The zero-order valence-electron chi connectivity index (χ0n) is 15.7. The number of nitrogens with zero attached hydrogens (tertiary/aromatic N) is 1. The number of benzene rings is 2. The van der Waals surface area contributed by atoms with Crippen LogP contribution in [0.25, 0.3) is 22.0 Å². The van der Waals surface area contributed by atoms with Gasteiger partial charge in [-0.05, 0) is 11.6 Å². The van der Waals surface area contributed by atoms with Crippen LogP contribution in [0.4, 0.5) is 0 Å². The lowest BCUT2D eigenvalue weighted by Gasteiger charge is -2.17. The van der Waals surface area contributed by atoms with Gasteiger partial charge in [0, 0.05) is 30.5 Å². The summed E-state index contributed by atoms with van der Waals surface area (Å²) in [4.78, 5) is 25.0. The Balaban J connectivity index is 2.48. The van der Waals surface area contributed by atoms with Gasteiger partial charge >= 0.3 is 5.97 Å². The molecule has 0 spiro atoms. The van der Waals surface area contributed by atoms with E-state index in [0.29, 0.717) is 22.6 Å². The van der Waals surface area contributed by atoms with Gasteiger partial charge in [0.25, 0.3) is 5.56 Å². The second-order valence-electron chi connectivity index (χ2n) is 5.99. The summed E-state index contributed by atoms with van der Waals surface area (Å²) in [7, 11) is 4.72. The van der Waals surface area contributed by atoms with E-state index in [4.69, 9.17) is 14.2 Å². The number of ether oxygens (including phenoxy) is 3. The Morgan fingerprint density at radius 3 is 2.26 bits per heavy atom. The van der Waals surface area contributed by atoms with E-state index in [1.54, 1.807) is 33.2 Å². The molecular formula is C21H21NO5. The van der Waals surface area contributed by atoms with Crippen LogP contribution in [0, 0.1) is 0 Å². The quantitative estimate of drug-likeness (QED) is 0.645. The highest BCUT2D eigenvalue weighted by molar-refractivity contribution is 6.00. The van der Waals surface area contributed by atoms with Crippen molar-refractivity contribution in [2.45, 2.75) is 13.3 Å². The summed E-state index contributed by atoms with van der Waals surface area (Å²) in [6.45, 7) is 1.68. The predicted octanol–water partition coefficient (Wildman–Crippen LogP) is 3.54. The topological polar surface area (TPSA) is 66.8 Å². The van der Waals surface area contributed by atoms with Gasteiger partial charge in [0.05, 0.1) is 19.7 Å². The molecule has 3 rings (SSSR count). The average molecular weight is 367 g/mol. The fourth-order valence-electron chi connectivity index (χ4n) is 3.01. The number of hydrogen-bond acceptors (Lipinski definition) is 5. The zero-order valence-corrected chi connectivity index (χ0v) is 15.7. The third-order valence-corrected chi connectivity index (χ3v) is 4.43. The van der Waals surface area contributed by atoms with Crippen LogP contribution in [-0.2, 0) is 11.8 Å². The van der Waals surface area contributed by atoms with Crippen LogP contribution in [0.5, 0.6) is 17.2 Å². The molecule has 0 unspecified atom stereocenters. The van der Waals surface area contributed by atoms with E-state index in [9.17, 15) is 9.59 Å². The lowest BCUT2D eigenvalue weighted by atomic mass is 9.99. The molecule has 6 heteroatoms. The van der Waals surface area contributed by atoms with Crippen molar-refractivity contribution in [3.8, 4) is 28.4 Å². The number of aromatic nitrogens is 1. The van der Waals surface area contributed by atoms with Gasteiger partial charge in [-0.2, -0.15) is 0 Å². The lowest BCUT2D eigenvalue weighted by Crippen LogP contribution is -2.23. The first kappa shape index (κ1) is 18.5. The van der Waals surface area contributed by atoms with Gasteiger partial charge < -0.3 is 18.8 Å². The molecule has 0 saturated heterocycles. The van der Waals surface area contributed by atoms with Crippen LogP contribution in [0.1, 0.15) is 13.3 Å². The molecule has 27 heavy (non-hydrogen) atoms. The van der Waals surface area contributed by atoms with E-state index in [1.807, 2.05) is 30.3 Å². The van der Waals surface area contributed by atoms with E-state index in [1.165, 1.54) is 11.7 Å². The monoisotopic (exact) mass is 367 g/mol. The highest BCUT2D eigenvalue weighted by Gasteiger charge is 2.22. The predicted molar refractivity (Wildman–Crippen MR) is 104 cm³/mol. The zero-order chi connectivity index (χ0) is 19.6. The Kier molecular flexibility index (Phi) is 5.16. The van der Waals surface area contributed by atoms with Crippen LogP contribution >= 0.6 is 0 Å². The number of carbonyl (C=O) groups is 1. The van der Waals surface area contributed by atoms with Crippen molar-refractivity contribution in [2.24, 2.45) is 7.05 Å². The van der Waals surface area contributed by atoms with Gasteiger partial charge in [0.2, 0.25) is 5.75 Å². The molecule has 0 bridgehead atoms. The molecule has 0 atom stereocenters. The number of aryl methyl sites for hydroxylation is 1. The first-order valence-electron chi connectivity index (χ1n) is 8.56. The van der Waals surface area contributed by atoms with Gasteiger partial charge in [-0.3, -0.25) is 9.59 Å². The molecular weight excluding hydrogens is 346 g/mol. The summed E-state index contributed by atoms with van der Waals surface area (Å²) in [5.41, 5.74) is 1.57. The maximum absolute atomic E-state index is 13.0. The Morgan fingerprint density at radius 1 is 1.04 bits per heavy atom. The third-order valence-electron chi connectivity index (χ3n) is 4.43. The molecule has 0 aliphatic heterocycles. The Hall–Kier alpha value is -3.28. The second kappa shape index (κ2) is 7.53. The largest absolute Gasteiger partial charge is 0.493 e. The molecule has 3 aromatic rings. The molecule has 6 nitrogen and oxygen atoms in total. The molecule has 0 aliphatic rings. The molecule has 2 aromatic carbocycles. The van der Waals surface area contributed by atoms with E-state index < -0.39 is 11.5 Å². The van der Waals surface area contributed by atoms with Crippen molar-refractivity contribution in [2.75, 3.05) is 14.2 Å². The van der Waals surface area contributed by atoms with Gasteiger partial charge in [-0.15, -0.1) is 0 Å². The average Bonchev–Trinajstić information content (AvgIpc) is 2.71. The van der Waals surface area contributed by atoms with E-state index >= 15 is 0 Å². The molecule has 1 heterocycles. The summed E-state index contributed by atoms with van der Waals surface area (Å²) in [6.07, 6.45) is 0.168. The van der Waals surface area contributed by atoms with Crippen molar-refractivity contribution < 1.29 is 19.0 Å². The Labute approximate surface area is 156 Å². The van der Waals surface area contributed by atoms with E-state index in [-0.39, 0.29) is 12.2 Å².